The molecule has 2 aromatic rings. The Morgan fingerprint density at radius 2 is 1.94 bits per heavy atom. The van der Waals surface area contributed by atoms with Crippen LogP contribution in [-0.4, -0.2) is 56.5 Å². The lowest BCUT2D eigenvalue weighted by molar-refractivity contribution is 0.102. The number of benzene rings is 1. The van der Waals surface area contributed by atoms with Gasteiger partial charge in [-0.15, -0.1) is 0 Å². The molecule has 1 aromatic carbocycles. The van der Waals surface area contributed by atoms with Crippen LogP contribution in [0.15, 0.2) is 41.5 Å². The highest BCUT2D eigenvalue weighted by atomic mass is 32.2. The third kappa shape index (κ3) is 4.04. The van der Waals surface area contributed by atoms with Crippen molar-refractivity contribution >= 4 is 28.2 Å². The first-order valence-corrected chi connectivity index (χ1v) is 11.6. The molecule has 1 fully saturated rings. The Balaban J connectivity index is 1.63. The molecule has 0 aliphatic carbocycles. The number of carbonyl (C=O) groups is 1. The van der Waals surface area contributed by atoms with Crippen LogP contribution in [0.2, 0.25) is 0 Å². The van der Waals surface area contributed by atoms with Crippen LogP contribution in [0.4, 0.5) is 14.5 Å². The third-order valence-corrected chi connectivity index (χ3v) is 8.55. The summed E-state index contributed by atoms with van der Waals surface area (Å²) >= 11 is 0. The lowest BCUT2D eigenvalue weighted by atomic mass is 9.90. The van der Waals surface area contributed by atoms with Gasteiger partial charge < -0.3 is 16.0 Å². The Morgan fingerprint density at radius 3 is 2.56 bits per heavy atom. The summed E-state index contributed by atoms with van der Waals surface area (Å²) < 4.78 is 40.6. The summed E-state index contributed by atoms with van der Waals surface area (Å²) in [7, 11) is 0.667. The minimum absolute atomic E-state index is 0.0220. The quantitative estimate of drug-likeness (QED) is 0.731. The van der Waals surface area contributed by atoms with Crippen LogP contribution in [0.5, 0.6) is 0 Å². The first kappa shape index (κ1) is 22.5. The largest absolute Gasteiger partial charge is 0.386 e. The number of rotatable bonds is 3. The number of likely N-dealkylation sites (tertiary alicyclic amines) is 1. The van der Waals surface area contributed by atoms with Crippen molar-refractivity contribution in [2.24, 2.45) is 10.7 Å². The smallest absolute Gasteiger partial charge is 0.274 e. The first-order chi connectivity index (χ1) is 15.1. The number of carbonyl (C=O) groups excluding carboxylic acids is 1. The zero-order valence-electron chi connectivity index (χ0n) is 17.9. The average molecular weight is 462 g/mol. The van der Waals surface area contributed by atoms with E-state index in [1.165, 1.54) is 24.3 Å². The second kappa shape index (κ2) is 8.32. The highest BCUT2D eigenvalue weighted by molar-refractivity contribution is 7.87. The molecule has 2 aliphatic heterocycles. The van der Waals surface area contributed by atoms with Gasteiger partial charge in [0.1, 0.15) is 27.9 Å². The van der Waals surface area contributed by atoms with E-state index in [1.54, 1.807) is 6.92 Å². The fraction of sp³-hybridized carbons (Fsp3) is 0.409. The Kier molecular flexibility index (Phi) is 5.85. The Hall–Kier alpha value is -2.72. The van der Waals surface area contributed by atoms with Crippen molar-refractivity contribution in [1.29, 1.82) is 0 Å². The van der Waals surface area contributed by atoms with E-state index in [0.29, 0.717) is 24.4 Å². The van der Waals surface area contributed by atoms with Crippen LogP contribution in [0.1, 0.15) is 35.8 Å². The van der Waals surface area contributed by atoms with Crippen molar-refractivity contribution in [2.45, 2.75) is 30.1 Å². The van der Waals surface area contributed by atoms with Crippen molar-refractivity contribution in [3.8, 4) is 0 Å². The number of aromatic nitrogens is 1. The number of piperidine rings is 1. The molecule has 2 aliphatic rings. The molecular weight excluding hydrogens is 436 g/mol. The molecule has 1 amide bonds. The molecule has 3 heterocycles. The van der Waals surface area contributed by atoms with Crippen molar-refractivity contribution < 1.29 is 17.8 Å². The highest BCUT2D eigenvalue weighted by Gasteiger charge is 2.50. The number of hydrogen-bond donors (Lipinski definition) is 2. The number of hydrogen-bond acceptors (Lipinski definition) is 6. The number of nitrogens with zero attached hydrogens (tertiary/aromatic N) is 3. The van der Waals surface area contributed by atoms with Gasteiger partial charge in [-0.1, -0.05) is 0 Å². The molecule has 1 saturated heterocycles. The number of aliphatic imine (C=N–C) groups is 1. The Morgan fingerprint density at radius 1 is 1.22 bits per heavy atom. The van der Waals surface area contributed by atoms with E-state index < -0.39 is 38.6 Å². The summed E-state index contributed by atoms with van der Waals surface area (Å²) in [6, 6.07) is 6.49. The Bertz CT molecular complexity index is 1100. The summed E-state index contributed by atoms with van der Waals surface area (Å²) in [5, 5.41) is 2.63. The predicted molar refractivity (Wildman–Crippen MR) is 120 cm³/mol. The molecule has 2 atom stereocenters. The number of pyridine rings is 1. The van der Waals surface area contributed by atoms with Crippen molar-refractivity contribution in [3.05, 3.63) is 59.4 Å². The zero-order chi connectivity index (χ0) is 23.1. The molecule has 170 valence electrons. The molecule has 32 heavy (non-hydrogen) atoms. The summed E-state index contributed by atoms with van der Waals surface area (Å²) in [6.07, 6.45) is 2.23. The second-order valence-electron chi connectivity index (χ2n) is 8.57. The van der Waals surface area contributed by atoms with Gasteiger partial charge in [0.25, 0.3) is 5.91 Å². The monoisotopic (exact) mass is 461 g/mol. The van der Waals surface area contributed by atoms with E-state index in [4.69, 9.17) is 5.73 Å². The maximum Gasteiger partial charge on any atom is 0.274 e. The lowest BCUT2D eigenvalue weighted by Crippen LogP contribution is -2.59. The van der Waals surface area contributed by atoms with E-state index in [-0.39, 0.29) is 17.0 Å². The van der Waals surface area contributed by atoms with Crippen LogP contribution in [0, 0.1) is 11.6 Å². The highest BCUT2D eigenvalue weighted by Crippen LogP contribution is 2.40. The maximum absolute atomic E-state index is 14.9. The summed E-state index contributed by atoms with van der Waals surface area (Å²) in [5.74, 6) is -1.22. The normalized spacial score (nSPS) is 25.4. The number of anilines is 1. The maximum atomic E-state index is 14.9. The summed E-state index contributed by atoms with van der Waals surface area (Å²) in [5.41, 5.74) is 5.76. The molecule has 10 heteroatoms. The standard InChI is InChI=1S/C22H25F2N5O2S/c1-21(13-32(31)22(20(25)28-21)7-9-29(2)10-8-22)16-11-15(4-5-17(16)24)27-19(30)18-6-3-14(23)12-26-18/h3-6,11-12H,7-10,13H2,1-2H3,(H2,25,28)(H,27,30)/t21-,32?/m0/s1. The molecule has 0 saturated carbocycles. The van der Waals surface area contributed by atoms with Gasteiger partial charge in [-0.2, -0.15) is 0 Å². The lowest BCUT2D eigenvalue weighted by Gasteiger charge is -2.45. The van der Waals surface area contributed by atoms with E-state index in [9.17, 15) is 17.8 Å². The second-order valence-corrected chi connectivity index (χ2v) is 10.3. The fourth-order valence-corrected chi connectivity index (χ4v) is 6.16. The van der Waals surface area contributed by atoms with Crippen LogP contribution < -0.4 is 11.1 Å². The van der Waals surface area contributed by atoms with Gasteiger partial charge in [0, 0.05) is 22.1 Å². The minimum Gasteiger partial charge on any atom is -0.386 e. The van der Waals surface area contributed by atoms with E-state index in [1.807, 2.05) is 7.05 Å². The molecule has 1 unspecified atom stereocenters. The van der Waals surface area contributed by atoms with Gasteiger partial charge in [0.15, 0.2) is 0 Å². The van der Waals surface area contributed by atoms with Crippen molar-refractivity contribution in [3.63, 3.8) is 0 Å². The number of nitrogens with one attached hydrogen (secondary N) is 1. The molecule has 7 nitrogen and oxygen atoms in total. The summed E-state index contributed by atoms with van der Waals surface area (Å²) in [6.45, 7) is 3.24. The minimum atomic E-state index is -1.34. The zero-order valence-corrected chi connectivity index (χ0v) is 18.7. The van der Waals surface area contributed by atoms with Gasteiger partial charge in [0.05, 0.1) is 17.5 Å². The van der Waals surface area contributed by atoms with Gasteiger partial charge in [-0.05, 0) is 70.2 Å². The van der Waals surface area contributed by atoms with E-state index >= 15 is 0 Å². The van der Waals surface area contributed by atoms with E-state index in [0.717, 1.165) is 25.4 Å². The number of halogens is 2. The predicted octanol–water partition coefficient (Wildman–Crippen LogP) is 2.41. The van der Waals surface area contributed by atoms with Gasteiger partial charge in [0.2, 0.25) is 0 Å². The van der Waals surface area contributed by atoms with E-state index in [2.05, 4.69) is 20.2 Å². The number of nitrogens with two attached hydrogens (primary N) is 1. The molecule has 0 bridgehead atoms. The molecular formula is C22H25F2N5O2S. The van der Waals surface area contributed by atoms with Crippen molar-refractivity contribution in [1.82, 2.24) is 9.88 Å². The van der Waals surface area contributed by atoms with Crippen LogP contribution in [-0.2, 0) is 16.3 Å². The van der Waals surface area contributed by atoms with Gasteiger partial charge in [-0.25, -0.2) is 13.8 Å². The van der Waals surface area contributed by atoms with Gasteiger partial charge >= 0.3 is 0 Å². The molecule has 3 N–H and O–H groups in total. The molecule has 1 spiro atoms. The fourth-order valence-electron chi connectivity index (χ4n) is 4.23. The first-order valence-electron chi connectivity index (χ1n) is 10.3. The third-order valence-electron chi connectivity index (χ3n) is 6.24. The van der Waals surface area contributed by atoms with Crippen LogP contribution in [0.25, 0.3) is 0 Å². The molecule has 0 radical (unpaired) electrons. The summed E-state index contributed by atoms with van der Waals surface area (Å²) in [4.78, 5) is 23.0. The number of amides is 1. The van der Waals surface area contributed by atoms with Gasteiger partial charge in [-0.3, -0.25) is 14.0 Å². The van der Waals surface area contributed by atoms with Crippen LogP contribution >= 0.6 is 0 Å². The Labute approximate surface area is 187 Å². The van der Waals surface area contributed by atoms with Crippen LogP contribution in [0.3, 0.4) is 0 Å². The van der Waals surface area contributed by atoms with Crippen molar-refractivity contribution in [2.75, 3.05) is 31.2 Å². The molecule has 1 aromatic heterocycles. The number of amidine groups is 1. The molecule has 4 rings (SSSR count). The SMILES string of the molecule is CN1CCC2(CC1)C(N)=N[C@](C)(c1cc(NC(=O)c3ccc(F)cn3)ccc1F)CS2=O. The topological polar surface area (TPSA) is 101 Å². The average Bonchev–Trinajstić information content (AvgIpc) is 2.75.